The van der Waals surface area contributed by atoms with Crippen molar-refractivity contribution >= 4 is 23.3 Å². The van der Waals surface area contributed by atoms with Crippen LogP contribution in [0.15, 0.2) is 12.1 Å². The Kier molecular flexibility index (Phi) is 3.89. The van der Waals surface area contributed by atoms with Crippen molar-refractivity contribution in [2.24, 2.45) is 0 Å². The summed E-state index contributed by atoms with van der Waals surface area (Å²) in [6, 6.07) is 3.12. The van der Waals surface area contributed by atoms with Crippen LogP contribution in [0, 0.1) is 12.3 Å². The van der Waals surface area contributed by atoms with Gasteiger partial charge in [0.2, 0.25) is 5.91 Å². The maximum absolute atomic E-state index is 11.1. The summed E-state index contributed by atoms with van der Waals surface area (Å²) in [6.07, 6.45) is 5.70. The number of aromatic nitrogens is 2. The predicted octanol–water partition coefficient (Wildman–Crippen LogP) is 1.48. The van der Waals surface area contributed by atoms with Gasteiger partial charge in [-0.1, -0.05) is 11.6 Å². The molecule has 5 heteroatoms. The van der Waals surface area contributed by atoms with E-state index in [0.29, 0.717) is 12.2 Å². The molecule has 1 aromatic rings. The van der Waals surface area contributed by atoms with Gasteiger partial charge < -0.3 is 5.32 Å². The van der Waals surface area contributed by atoms with Gasteiger partial charge >= 0.3 is 0 Å². The summed E-state index contributed by atoms with van der Waals surface area (Å²) >= 11 is 5.52. The number of carbonyl (C=O) groups is 1. The minimum atomic E-state index is -0.181. The number of terminal acetylenes is 1. The van der Waals surface area contributed by atoms with E-state index < -0.39 is 0 Å². The topological polar surface area (TPSA) is 54.9 Å². The summed E-state index contributed by atoms with van der Waals surface area (Å²) < 4.78 is 0. The van der Waals surface area contributed by atoms with Crippen molar-refractivity contribution in [1.29, 1.82) is 0 Å². The molecule has 1 N–H and O–H groups in total. The van der Waals surface area contributed by atoms with Crippen LogP contribution in [0.25, 0.3) is 0 Å². The summed E-state index contributed by atoms with van der Waals surface area (Å²) in [7, 11) is 0. The van der Waals surface area contributed by atoms with Crippen molar-refractivity contribution in [1.82, 2.24) is 10.2 Å². The van der Waals surface area contributed by atoms with Crippen LogP contribution in [0.4, 0.5) is 5.82 Å². The van der Waals surface area contributed by atoms with Crippen LogP contribution in [0.1, 0.15) is 12.8 Å². The predicted molar refractivity (Wildman–Crippen MR) is 53.7 cm³/mol. The summed E-state index contributed by atoms with van der Waals surface area (Å²) in [5.41, 5.74) is 0. The Bertz CT molecular complexity index is 355. The average Bonchev–Trinajstić information content (AvgIpc) is 2.18. The summed E-state index contributed by atoms with van der Waals surface area (Å²) in [4.78, 5) is 11.1. The number of hydrogen-bond acceptors (Lipinski definition) is 3. The minimum Gasteiger partial charge on any atom is -0.309 e. The lowest BCUT2D eigenvalue weighted by atomic mass is 10.3. The van der Waals surface area contributed by atoms with E-state index in [4.69, 9.17) is 18.0 Å². The molecule has 1 rings (SSSR count). The molecule has 1 heterocycles. The van der Waals surface area contributed by atoms with Gasteiger partial charge in [0.15, 0.2) is 11.0 Å². The van der Waals surface area contributed by atoms with Gasteiger partial charge in [0.1, 0.15) is 0 Å². The second-order valence-electron chi connectivity index (χ2n) is 2.49. The zero-order valence-electron chi connectivity index (χ0n) is 7.33. The third-order valence-electron chi connectivity index (χ3n) is 1.40. The van der Waals surface area contributed by atoms with Crippen molar-refractivity contribution in [2.45, 2.75) is 12.8 Å². The summed E-state index contributed by atoms with van der Waals surface area (Å²) in [5, 5.41) is 10.1. The van der Waals surface area contributed by atoms with Crippen LogP contribution in [0.2, 0.25) is 5.15 Å². The molecule has 0 aliphatic heterocycles. The van der Waals surface area contributed by atoms with E-state index in [2.05, 4.69) is 21.4 Å². The average molecular weight is 210 g/mol. The fourth-order valence-corrected chi connectivity index (χ4v) is 0.875. The highest BCUT2D eigenvalue weighted by atomic mass is 35.5. The molecule has 0 aliphatic carbocycles. The Balaban J connectivity index is 2.49. The SMILES string of the molecule is C#CCCC(=O)Nc1ccc(Cl)nn1. The molecule has 1 amide bonds. The number of nitrogens with one attached hydrogen (secondary N) is 1. The van der Waals surface area contributed by atoms with Crippen LogP contribution in [-0.2, 0) is 4.79 Å². The first kappa shape index (κ1) is 10.5. The number of amides is 1. The van der Waals surface area contributed by atoms with E-state index in [1.807, 2.05) is 0 Å². The number of rotatable bonds is 3. The Morgan fingerprint density at radius 3 is 2.93 bits per heavy atom. The first-order chi connectivity index (χ1) is 6.72. The van der Waals surface area contributed by atoms with Gasteiger partial charge in [0.25, 0.3) is 0 Å². The third kappa shape index (κ3) is 3.42. The van der Waals surface area contributed by atoms with Gasteiger partial charge in [-0.2, -0.15) is 0 Å². The summed E-state index contributed by atoms with van der Waals surface area (Å²) in [5.74, 6) is 2.57. The molecule has 0 saturated carbocycles. The van der Waals surface area contributed by atoms with Gasteiger partial charge in [-0.25, -0.2) is 0 Å². The lowest BCUT2D eigenvalue weighted by Crippen LogP contribution is -2.12. The minimum absolute atomic E-state index is 0.181. The molecule has 0 radical (unpaired) electrons. The Labute approximate surface area is 86.7 Å². The van der Waals surface area contributed by atoms with E-state index >= 15 is 0 Å². The molecule has 0 bridgehead atoms. The number of carbonyl (C=O) groups excluding carboxylic acids is 1. The maximum atomic E-state index is 11.1. The van der Waals surface area contributed by atoms with Gasteiger partial charge in [-0.15, -0.1) is 22.5 Å². The maximum Gasteiger partial charge on any atom is 0.226 e. The largest absolute Gasteiger partial charge is 0.309 e. The molecule has 0 unspecified atom stereocenters. The lowest BCUT2D eigenvalue weighted by molar-refractivity contribution is -0.116. The van der Waals surface area contributed by atoms with E-state index in [9.17, 15) is 4.79 Å². The molecule has 0 aromatic carbocycles. The van der Waals surface area contributed by atoms with Crippen LogP contribution in [0.5, 0.6) is 0 Å². The third-order valence-corrected chi connectivity index (χ3v) is 1.60. The first-order valence-electron chi connectivity index (χ1n) is 3.95. The molecule has 0 aliphatic rings. The second-order valence-corrected chi connectivity index (χ2v) is 2.88. The standard InChI is InChI=1S/C9H8ClN3O/c1-2-3-4-9(14)11-8-6-5-7(10)12-13-8/h1,5-6H,3-4H2,(H,11,13,14). The Hall–Kier alpha value is -1.60. The van der Waals surface area contributed by atoms with Crippen molar-refractivity contribution in [3.63, 3.8) is 0 Å². The zero-order valence-corrected chi connectivity index (χ0v) is 8.08. The molecule has 1 aromatic heterocycles. The molecular weight excluding hydrogens is 202 g/mol. The summed E-state index contributed by atoms with van der Waals surface area (Å²) in [6.45, 7) is 0. The monoisotopic (exact) mass is 209 g/mol. The van der Waals surface area contributed by atoms with Crippen LogP contribution >= 0.6 is 11.6 Å². The van der Waals surface area contributed by atoms with Crippen molar-refractivity contribution < 1.29 is 4.79 Å². The highest BCUT2D eigenvalue weighted by Gasteiger charge is 2.02. The Morgan fingerprint density at radius 2 is 2.36 bits per heavy atom. The van der Waals surface area contributed by atoms with Gasteiger partial charge in [0.05, 0.1) is 0 Å². The normalized spacial score (nSPS) is 9.14. The molecule has 72 valence electrons. The van der Waals surface area contributed by atoms with Gasteiger partial charge in [-0.3, -0.25) is 4.79 Å². The Morgan fingerprint density at radius 1 is 1.57 bits per heavy atom. The number of halogens is 1. The number of nitrogens with zero attached hydrogens (tertiary/aromatic N) is 2. The fourth-order valence-electron chi connectivity index (χ4n) is 0.774. The van der Waals surface area contributed by atoms with E-state index in [1.165, 1.54) is 0 Å². The smallest absolute Gasteiger partial charge is 0.226 e. The van der Waals surface area contributed by atoms with Crippen LogP contribution in [-0.4, -0.2) is 16.1 Å². The quantitative estimate of drug-likeness (QED) is 0.768. The van der Waals surface area contributed by atoms with E-state index in [1.54, 1.807) is 12.1 Å². The van der Waals surface area contributed by atoms with Gasteiger partial charge in [-0.05, 0) is 12.1 Å². The number of anilines is 1. The molecule has 0 saturated heterocycles. The molecule has 0 fully saturated rings. The van der Waals surface area contributed by atoms with Crippen LogP contribution in [0.3, 0.4) is 0 Å². The fraction of sp³-hybridized carbons (Fsp3) is 0.222. The van der Waals surface area contributed by atoms with E-state index in [-0.39, 0.29) is 17.5 Å². The second kappa shape index (κ2) is 5.20. The molecule has 14 heavy (non-hydrogen) atoms. The number of hydrogen-bond donors (Lipinski definition) is 1. The first-order valence-corrected chi connectivity index (χ1v) is 4.32. The molecular formula is C9H8ClN3O. The van der Waals surface area contributed by atoms with Crippen molar-refractivity contribution in [3.8, 4) is 12.3 Å². The zero-order chi connectivity index (χ0) is 10.4. The van der Waals surface area contributed by atoms with E-state index in [0.717, 1.165) is 0 Å². The molecule has 0 spiro atoms. The highest BCUT2D eigenvalue weighted by Crippen LogP contribution is 2.06. The van der Waals surface area contributed by atoms with Crippen molar-refractivity contribution in [3.05, 3.63) is 17.3 Å². The van der Waals surface area contributed by atoms with Crippen LogP contribution < -0.4 is 5.32 Å². The van der Waals surface area contributed by atoms with Gasteiger partial charge in [0, 0.05) is 12.8 Å². The highest BCUT2D eigenvalue weighted by molar-refractivity contribution is 6.29. The lowest BCUT2D eigenvalue weighted by Gasteiger charge is -2.00. The van der Waals surface area contributed by atoms with Crippen molar-refractivity contribution in [2.75, 3.05) is 5.32 Å². The molecule has 0 atom stereocenters. The molecule has 4 nitrogen and oxygen atoms in total.